The third kappa shape index (κ3) is 7.92. The number of nitrogens with one attached hydrogen (secondary N) is 1. The van der Waals surface area contributed by atoms with Crippen molar-refractivity contribution < 1.29 is 18.0 Å². The van der Waals surface area contributed by atoms with E-state index < -0.39 is 28.5 Å². The lowest BCUT2D eigenvalue weighted by molar-refractivity contribution is -0.139. The zero-order valence-electron chi connectivity index (χ0n) is 24.8. The Bertz CT molecular complexity index is 1480. The first-order valence-corrected chi connectivity index (χ1v) is 16.3. The molecule has 1 aliphatic rings. The van der Waals surface area contributed by atoms with Crippen LogP contribution < -0.4 is 9.62 Å². The van der Waals surface area contributed by atoms with Gasteiger partial charge in [-0.3, -0.25) is 13.9 Å². The van der Waals surface area contributed by atoms with Crippen LogP contribution in [0.1, 0.15) is 61.3 Å². The fraction of sp³-hybridized carbons (Fsp3) is 0.394. The molecule has 7 nitrogen and oxygen atoms in total. The largest absolute Gasteiger partial charge is 0.352 e. The van der Waals surface area contributed by atoms with Crippen molar-refractivity contribution in [3.8, 4) is 0 Å². The Morgan fingerprint density at radius 3 is 2.07 bits per heavy atom. The van der Waals surface area contributed by atoms with E-state index in [1.807, 2.05) is 26.8 Å². The van der Waals surface area contributed by atoms with Gasteiger partial charge in [0, 0.05) is 17.6 Å². The average Bonchev–Trinajstić information content (AvgIpc) is 2.95. The number of halogens is 1. The van der Waals surface area contributed by atoms with E-state index in [0.717, 1.165) is 58.7 Å². The van der Waals surface area contributed by atoms with Crippen molar-refractivity contribution in [1.82, 2.24) is 10.2 Å². The van der Waals surface area contributed by atoms with Crippen LogP contribution in [0, 0.1) is 20.8 Å². The van der Waals surface area contributed by atoms with Crippen LogP contribution in [-0.4, -0.2) is 43.8 Å². The minimum atomic E-state index is -4.11. The standard InChI is InChI=1S/C33H40ClN3O4S/c1-23-10-16-31(17-11-23)42(40,41)37(30-19-24(2)18-25(3)20-30)22-32(38)36(21-27-12-14-28(34)15-13-27)26(4)33(39)35-29-8-6-5-7-9-29/h10-20,26,29H,5-9,21-22H2,1-4H3,(H,35,39). The van der Waals surface area contributed by atoms with Crippen LogP contribution in [0.5, 0.6) is 0 Å². The van der Waals surface area contributed by atoms with Gasteiger partial charge in [0.2, 0.25) is 11.8 Å². The summed E-state index contributed by atoms with van der Waals surface area (Å²) in [6, 6.07) is 18.4. The van der Waals surface area contributed by atoms with Crippen LogP contribution in [0.4, 0.5) is 5.69 Å². The first kappa shape index (κ1) is 31.6. The summed E-state index contributed by atoms with van der Waals surface area (Å²) < 4.78 is 29.2. The molecule has 1 fully saturated rings. The molecule has 2 amide bonds. The molecular weight excluding hydrogens is 570 g/mol. The Labute approximate surface area is 254 Å². The van der Waals surface area contributed by atoms with E-state index in [1.54, 1.807) is 67.6 Å². The van der Waals surface area contributed by atoms with E-state index in [9.17, 15) is 18.0 Å². The van der Waals surface area contributed by atoms with E-state index in [4.69, 9.17) is 11.6 Å². The van der Waals surface area contributed by atoms with Gasteiger partial charge in [-0.1, -0.05) is 66.8 Å². The molecular formula is C33H40ClN3O4S. The van der Waals surface area contributed by atoms with E-state index in [1.165, 1.54) is 4.90 Å². The number of amides is 2. The minimum absolute atomic E-state index is 0.0786. The van der Waals surface area contributed by atoms with Gasteiger partial charge < -0.3 is 10.2 Å². The molecule has 9 heteroatoms. The fourth-order valence-electron chi connectivity index (χ4n) is 5.40. The first-order chi connectivity index (χ1) is 19.9. The molecule has 1 N–H and O–H groups in total. The number of carbonyl (C=O) groups is 2. The third-order valence-electron chi connectivity index (χ3n) is 7.77. The Kier molecular flexibility index (Phi) is 10.3. The number of benzene rings is 3. The molecule has 0 aliphatic heterocycles. The van der Waals surface area contributed by atoms with Crippen LogP contribution in [-0.2, 0) is 26.2 Å². The van der Waals surface area contributed by atoms with Gasteiger partial charge in [-0.2, -0.15) is 0 Å². The van der Waals surface area contributed by atoms with Crippen molar-refractivity contribution in [2.45, 2.75) is 83.3 Å². The lowest BCUT2D eigenvalue weighted by Crippen LogP contribution is -2.53. The summed E-state index contributed by atoms with van der Waals surface area (Å²) in [5.41, 5.74) is 3.85. The Morgan fingerprint density at radius 2 is 1.48 bits per heavy atom. The molecule has 0 heterocycles. The van der Waals surface area contributed by atoms with Gasteiger partial charge in [-0.15, -0.1) is 0 Å². The highest BCUT2D eigenvalue weighted by Crippen LogP contribution is 2.27. The zero-order chi connectivity index (χ0) is 30.4. The molecule has 0 bridgehead atoms. The smallest absolute Gasteiger partial charge is 0.264 e. The number of anilines is 1. The molecule has 3 aromatic carbocycles. The molecule has 224 valence electrons. The molecule has 0 radical (unpaired) electrons. The number of sulfonamides is 1. The maximum atomic E-state index is 14.2. The Morgan fingerprint density at radius 1 is 0.881 bits per heavy atom. The van der Waals surface area contributed by atoms with Crippen molar-refractivity contribution in [3.63, 3.8) is 0 Å². The summed E-state index contributed by atoms with van der Waals surface area (Å²) in [6.45, 7) is 7.02. The van der Waals surface area contributed by atoms with Crippen LogP contribution in [0.25, 0.3) is 0 Å². The first-order valence-electron chi connectivity index (χ1n) is 14.5. The second-order valence-electron chi connectivity index (χ2n) is 11.3. The minimum Gasteiger partial charge on any atom is -0.352 e. The lowest BCUT2D eigenvalue weighted by Gasteiger charge is -2.33. The molecule has 0 saturated heterocycles. The van der Waals surface area contributed by atoms with Crippen LogP contribution in [0.2, 0.25) is 5.02 Å². The molecule has 1 atom stereocenters. The maximum absolute atomic E-state index is 14.2. The highest BCUT2D eigenvalue weighted by molar-refractivity contribution is 7.92. The summed E-state index contributed by atoms with van der Waals surface area (Å²) in [5, 5.41) is 3.68. The van der Waals surface area contributed by atoms with Gasteiger partial charge >= 0.3 is 0 Å². The van der Waals surface area contributed by atoms with E-state index >= 15 is 0 Å². The van der Waals surface area contributed by atoms with E-state index in [0.29, 0.717) is 10.7 Å². The van der Waals surface area contributed by atoms with Gasteiger partial charge in [0.1, 0.15) is 12.6 Å². The fourth-order valence-corrected chi connectivity index (χ4v) is 6.92. The maximum Gasteiger partial charge on any atom is 0.264 e. The van der Waals surface area contributed by atoms with Crippen molar-refractivity contribution in [2.24, 2.45) is 0 Å². The molecule has 4 rings (SSSR count). The number of hydrogen-bond acceptors (Lipinski definition) is 4. The number of rotatable bonds is 10. The van der Waals surface area contributed by atoms with Crippen molar-refractivity contribution in [2.75, 3.05) is 10.8 Å². The van der Waals surface area contributed by atoms with Gasteiger partial charge in [0.15, 0.2) is 0 Å². The lowest BCUT2D eigenvalue weighted by atomic mass is 9.95. The van der Waals surface area contributed by atoms with Crippen molar-refractivity contribution in [3.05, 3.63) is 94.0 Å². The third-order valence-corrected chi connectivity index (χ3v) is 9.81. The molecule has 1 aliphatic carbocycles. The molecule has 1 unspecified atom stereocenters. The topological polar surface area (TPSA) is 86.8 Å². The molecule has 1 saturated carbocycles. The molecule has 0 spiro atoms. The summed E-state index contributed by atoms with van der Waals surface area (Å²) in [6.07, 6.45) is 5.12. The van der Waals surface area contributed by atoms with Crippen molar-refractivity contribution in [1.29, 1.82) is 0 Å². The summed E-state index contributed by atoms with van der Waals surface area (Å²) >= 11 is 6.09. The second kappa shape index (κ2) is 13.7. The quantitative estimate of drug-likeness (QED) is 0.291. The van der Waals surface area contributed by atoms with Gasteiger partial charge in [-0.05, 0) is 93.6 Å². The predicted octanol–water partition coefficient (Wildman–Crippen LogP) is 6.33. The number of carbonyl (C=O) groups excluding carboxylic acids is 2. The number of hydrogen-bond donors (Lipinski definition) is 1. The van der Waals surface area contributed by atoms with Gasteiger partial charge in [0.05, 0.1) is 10.6 Å². The van der Waals surface area contributed by atoms with E-state index in [-0.39, 0.29) is 23.4 Å². The average molecular weight is 610 g/mol. The second-order valence-corrected chi connectivity index (χ2v) is 13.6. The summed E-state index contributed by atoms with van der Waals surface area (Å²) in [5.74, 6) is -0.727. The van der Waals surface area contributed by atoms with Gasteiger partial charge in [0.25, 0.3) is 10.0 Å². The van der Waals surface area contributed by atoms with E-state index in [2.05, 4.69) is 5.32 Å². The molecule has 0 aromatic heterocycles. The van der Waals surface area contributed by atoms with Crippen LogP contribution >= 0.6 is 11.6 Å². The highest BCUT2D eigenvalue weighted by Gasteiger charge is 2.33. The molecule has 42 heavy (non-hydrogen) atoms. The summed E-state index contributed by atoms with van der Waals surface area (Å²) in [7, 11) is -4.11. The van der Waals surface area contributed by atoms with Gasteiger partial charge in [-0.25, -0.2) is 8.42 Å². The summed E-state index contributed by atoms with van der Waals surface area (Å²) in [4.78, 5) is 29.1. The Balaban J connectivity index is 1.69. The SMILES string of the molecule is Cc1ccc(S(=O)(=O)N(CC(=O)N(Cc2ccc(Cl)cc2)C(C)C(=O)NC2CCCCC2)c2cc(C)cc(C)c2)cc1. The highest BCUT2D eigenvalue weighted by atomic mass is 35.5. The van der Waals surface area contributed by atoms with Crippen molar-refractivity contribution >= 4 is 39.1 Å². The van der Waals surface area contributed by atoms with Crippen LogP contribution in [0.3, 0.4) is 0 Å². The monoisotopic (exact) mass is 609 g/mol. The normalized spacial score (nSPS) is 14.7. The van der Waals surface area contributed by atoms with Crippen LogP contribution in [0.15, 0.2) is 71.6 Å². The Hall–Kier alpha value is -3.36. The molecule has 3 aromatic rings. The predicted molar refractivity (Wildman–Crippen MR) is 168 cm³/mol. The number of nitrogens with zero attached hydrogens (tertiary/aromatic N) is 2. The zero-order valence-corrected chi connectivity index (χ0v) is 26.3. The number of aryl methyl sites for hydroxylation is 3.